The number of rotatable bonds is 8. The highest BCUT2D eigenvalue weighted by Crippen LogP contribution is 2.31. The Balaban J connectivity index is 1.79. The lowest BCUT2D eigenvalue weighted by Gasteiger charge is -2.30. The molecule has 1 aliphatic rings. The first-order valence-electron chi connectivity index (χ1n) is 11.8. The van der Waals surface area contributed by atoms with Gasteiger partial charge in [-0.25, -0.2) is 0 Å². The molecular weight excluding hydrogens is 471 g/mol. The number of amides is 2. The minimum absolute atomic E-state index is 0.134. The van der Waals surface area contributed by atoms with Gasteiger partial charge >= 0.3 is 0 Å². The van der Waals surface area contributed by atoms with Gasteiger partial charge in [0.25, 0.3) is 5.91 Å². The summed E-state index contributed by atoms with van der Waals surface area (Å²) in [5.74, 6) is 0.208. The van der Waals surface area contributed by atoms with E-state index < -0.39 is 6.04 Å². The van der Waals surface area contributed by atoms with Gasteiger partial charge in [-0.05, 0) is 54.5 Å². The van der Waals surface area contributed by atoms with E-state index in [1.807, 2.05) is 24.3 Å². The maximum atomic E-state index is 13.4. The van der Waals surface area contributed by atoms with E-state index in [1.54, 1.807) is 25.1 Å². The van der Waals surface area contributed by atoms with Crippen molar-refractivity contribution < 1.29 is 14.3 Å². The highest BCUT2D eigenvalue weighted by molar-refractivity contribution is 6.35. The molecule has 0 radical (unpaired) electrons. The zero-order chi connectivity index (χ0) is 24.9. The van der Waals surface area contributed by atoms with Gasteiger partial charge in [-0.15, -0.1) is 0 Å². The molecule has 0 heterocycles. The zero-order valence-electron chi connectivity index (χ0n) is 20.4. The summed E-state index contributed by atoms with van der Waals surface area (Å²) in [4.78, 5) is 28.0. The maximum Gasteiger partial charge on any atom is 0.261 e. The molecule has 0 spiro atoms. The number of hydrogen-bond acceptors (Lipinski definition) is 3. The number of carbonyl (C=O) groups excluding carboxylic acids is 2. The van der Waals surface area contributed by atoms with E-state index in [9.17, 15) is 9.59 Å². The summed E-state index contributed by atoms with van der Waals surface area (Å²) in [5, 5.41) is 4.06. The number of hydrogen-bond donors (Lipinski definition) is 1. The second kappa shape index (κ2) is 11.5. The van der Waals surface area contributed by atoms with Crippen molar-refractivity contribution in [3.63, 3.8) is 0 Å². The lowest BCUT2D eigenvalue weighted by atomic mass is 9.86. The molecule has 1 unspecified atom stereocenters. The van der Waals surface area contributed by atoms with Crippen LogP contribution in [0.3, 0.4) is 0 Å². The van der Waals surface area contributed by atoms with Gasteiger partial charge in [0.2, 0.25) is 5.91 Å². The van der Waals surface area contributed by atoms with Crippen molar-refractivity contribution >= 4 is 35.0 Å². The molecule has 0 bridgehead atoms. The average molecular weight is 505 g/mol. The molecule has 184 valence electrons. The van der Waals surface area contributed by atoms with Crippen molar-refractivity contribution in [1.29, 1.82) is 0 Å². The van der Waals surface area contributed by atoms with E-state index in [4.69, 9.17) is 27.9 Å². The van der Waals surface area contributed by atoms with Crippen LogP contribution in [0, 0.1) is 0 Å². The number of para-hydroxylation sites is 1. The largest absolute Gasteiger partial charge is 0.483 e. The van der Waals surface area contributed by atoms with Gasteiger partial charge in [0, 0.05) is 22.6 Å². The van der Waals surface area contributed by atoms with E-state index in [1.165, 1.54) is 4.90 Å². The number of nitrogens with zero attached hydrogens (tertiary/aromatic N) is 1. The molecule has 0 aliphatic heterocycles. The summed E-state index contributed by atoms with van der Waals surface area (Å²) in [6.45, 7) is 8.04. The van der Waals surface area contributed by atoms with Crippen LogP contribution in [0.2, 0.25) is 10.0 Å². The molecule has 1 atom stereocenters. The second-order valence-corrected chi connectivity index (χ2v) is 10.8. The molecule has 34 heavy (non-hydrogen) atoms. The molecule has 1 N–H and O–H groups in total. The van der Waals surface area contributed by atoms with E-state index >= 15 is 0 Å². The van der Waals surface area contributed by atoms with Gasteiger partial charge < -0.3 is 15.0 Å². The third kappa shape index (κ3) is 6.89. The van der Waals surface area contributed by atoms with Crippen molar-refractivity contribution in [3.05, 3.63) is 63.6 Å². The molecule has 0 aromatic heterocycles. The molecule has 1 saturated carbocycles. The van der Waals surface area contributed by atoms with Crippen LogP contribution in [-0.2, 0) is 21.5 Å². The SMILES string of the molecule is CC(C(=O)NC1CCCC1)N(Cc1ccc(Cl)cc1Cl)C(=O)COc1ccccc1C(C)(C)C. The van der Waals surface area contributed by atoms with E-state index in [2.05, 4.69) is 26.1 Å². The molecule has 3 rings (SSSR count). The van der Waals surface area contributed by atoms with Gasteiger partial charge in [0.05, 0.1) is 0 Å². The third-order valence-corrected chi connectivity index (χ3v) is 6.86. The molecular formula is C27H34Cl2N2O3. The first-order valence-corrected chi connectivity index (χ1v) is 12.6. The van der Waals surface area contributed by atoms with Gasteiger partial charge in [-0.2, -0.15) is 0 Å². The van der Waals surface area contributed by atoms with E-state index in [-0.39, 0.29) is 36.4 Å². The van der Waals surface area contributed by atoms with Crippen LogP contribution < -0.4 is 10.1 Å². The fraction of sp³-hybridized carbons (Fsp3) is 0.481. The Labute approximate surface area is 212 Å². The van der Waals surface area contributed by atoms with Crippen molar-refractivity contribution in [2.24, 2.45) is 0 Å². The Morgan fingerprint density at radius 2 is 1.79 bits per heavy atom. The predicted molar refractivity (Wildman–Crippen MR) is 138 cm³/mol. The normalized spacial score (nSPS) is 15.1. The number of halogens is 2. The van der Waals surface area contributed by atoms with Crippen LogP contribution in [-0.4, -0.2) is 35.4 Å². The molecule has 0 saturated heterocycles. The summed E-state index contributed by atoms with van der Waals surface area (Å²) in [7, 11) is 0. The monoisotopic (exact) mass is 504 g/mol. The highest BCUT2D eigenvalue weighted by atomic mass is 35.5. The van der Waals surface area contributed by atoms with Crippen LogP contribution in [0.5, 0.6) is 5.75 Å². The summed E-state index contributed by atoms with van der Waals surface area (Å²) >= 11 is 12.4. The first-order chi connectivity index (χ1) is 16.1. The minimum Gasteiger partial charge on any atom is -0.483 e. The van der Waals surface area contributed by atoms with Crippen molar-refractivity contribution in [1.82, 2.24) is 10.2 Å². The molecule has 7 heteroatoms. The van der Waals surface area contributed by atoms with Crippen LogP contribution in [0.4, 0.5) is 0 Å². The topological polar surface area (TPSA) is 58.6 Å². The van der Waals surface area contributed by atoms with Crippen molar-refractivity contribution in [3.8, 4) is 5.75 Å². The Morgan fingerprint density at radius 3 is 2.44 bits per heavy atom. The smallest absolute Gasteiger partial charge is 0.261 e. The van der Waals surface area contributed by atoms with Crippen LogP contribution in [0.25, 0.3) is 0 Å². The highest BCUT2D eigenvalue weighted by Gasteiger charge is 2.29. The molecule has 2 amide bonds. The average Bonchev–Trinajstić information content (AvgIpc) is 3.29. The lowest BCUT2D eigenvalue weighted by molar-refractivity contribution is -0.142. The predicted octanol–water partition coefficient (Wildman–Crippen LogP) is 6.15. The van der Waals surface area contributed by atoms with Gasteiger partial charge in [0.15, 0.2) is 6.61 Å². The zero-order valence-corrected chi connectivity index (χ0v) is 21.9. The van der Waals surface area contributed by atoms with E-state index in [0.29, 0.717) is 15.8 Å². The van der Waals surface area contributed by atoms with Crippen LogP contribution in [0.1, 0.15) is 64.5 Å². The minimum atomic E-state index is -0.679. The van der Waals surface area contributed by atoms with Crippen LogP contribution >= 0.6 is 23.2 Å². The Hall–Kier alpha value is -2.24. The summed E-state index contributed by atoms with van der Waals surface area (Å²) in [5.41, 5.74) is 1.60. The lowest BCUT2D eigenvalue weighted by Crippen LogP contribution is -2.50. The Bertz CT molecular complexity index is 1010. The number of ether oxygens (including phenoxy) is 1. The molecule has 1 fully saturated rings. The summed E-state index contributed by atoms with van der Waals surface area (Å²) in [6, 6.07) is 12.3. The van der Waals surface area contributed by atoms with Crippen molar-refractivity contribution in [2.45, 2.75) is 77.4 Å². The summed E-state index contributed by atoms with van der Waals surface area (Å²) < 4.78 is 5.98. The fourth-order valence-electron chi connectivity index (χ4n) is 4.24. The number of benzene rings is 2. The summed E-state index contributed by atoms with van der Waals surface area (Å²) in [6.07, 6.45) is 4.18. The molecule has 2 aromatic rings. The maximum absolute atomic E-state index is 13.4. The molecule has 5 nitrogen and oxygen atoms in total. The van der Waals surface area contributed by atoms with Gasteiger partial charge in [-0.3, -0.25) is 9.59 Å². The standard InChI is InChI=1S/C27H34Cl2N2O3/c1-18(26(33)30-21-9-5-6-10-21)31(16-19-13-14-20(28)15-23(19)29)25(32)17-34-24-12-8-7-11-22(24)27(2,3)4/h7-8,11-15,18,21H,5-6,9-10,16-17H2,1-4H3,(H,30,33). The molecule has 2 aromatic carbocycles. The van der Waals surface area contributed by atoms with Gasteiger partial charge in [-0.1, -0.05) is 81.1 Å². The fourth-order valence-corrected chi connectivity index (χ4v) is 4.71. The number of nitrogens with one attached hydrogen (secondary N) is 1. The number of carbonyl (C=O) groups is 2. The first kappa shape index (κ1) is 26.4. The van der Waals surface area contributed by atoms with Crippen molar-refractivity contribution in [2.75, 3.05) is 6.61 Å². The molecule has 1 aliphatic carbocycles. The second-order valence-electron chi connectivity index (χ2n) is 9.96. The quantitative estimate of drug-likeness (QED) is 0.469. The Morgan fingerprint density at radius 1 is 1.12 bits per heavy atom. The third-order valence-electron chi connectivity index (χ3n) is 6.27. The van der Waals surface area contributed by atoms with Gasteiger partial charge in [0.1, 0.15) is 11.8 Å². The van der Waals surface area contributed by atoms with E-state index in [0.717, 1.165) is 36.8 Å². The van der Waals surface area contributed by atoms with Crippen LogP contribution in [0.15, 0.2) is 42.5 Å². The Kier molecular flexibility index (Phi) is 8.89.